The molecule has 2 rings (SSSR count). The molecule has 1 aromatic heterocycles. The van der Waals surface area contributed by atoms with Gasteiger partial charge >= 0.3 is 0 Å². The van der Waals surface area contributed by atoms with E-state index in [0.717, 1.165) is 14.7 Å². The summed E-state index contributed by atoms with van der Waals surface area (Å²) in [5.41, 5.74) is 0.393. The van der Waals surface area contributed by atoms with E-state index in [1.807, 2.05) is 0 Å². The lowest BCUT2D eigenvalue weighted by molar-refractivity contribution is 0.553. The van der Waals surface area contributed by atoms with Gasteiger partial charge in [0.15, 0.2) is 0 Å². The lowest BCUT2D eigenvalue weighted by atomic mass is 10.0. The van der Waals surface area contributed by atoms with Crippen molar-refractivity contribution in [2.45, 2.75) is 6.04 Å². The average molecular weight is 353 g/mol. The van der Waals surface area contributed by atoms with Crippen molar-refractivity contribution in [1.29, 1.82) is 0 Å². The molecule has 6 heteroatoms. The third-order valence-corrected chi connectivity index (χ3v) is 5.05. The van der Waals surface area contributed by atoms with Crippen LogP contribution in [0.4, 0.5) is 8.78 Å². The lowest BCUT2D eigenvalue weighted by Crippen LogP contribution is -2.17. The van der Waals surface area contributed by atoms with Gasteiger partial charge in [0, 0.05) is 16.5 Å². The first kappa shape index (κ1) is 13.9. The highest BCUT2D eigenvalue weighted by Crippen LogP contribution is 2.37. The molecule has 1 atom stereocenters. The first-order valence-corrected chi connectivity index (χ1v) is 7.08. The number of nitrogens with one attached hydrogen (secondary N) is 1. The van der Waals surface area contributed by atoms with E-state index in [1.165, 1.54) is 23.5 Å². The van der Waals surface area contributed by atoms with E-state index >= 15 is 0 Å². The van der Waals surface area contributed by atoms with Crippen molar-refractivity contribution in [2.24, 2.45) is 0 Å². The molecule has 0 aliphatic carbocycles. The van der Waals surface area contributed by atoms with Crippen LogP contribution in [0.5, 0.6) is 0 Å². The molecule has 0 spiro atoms. The third-order valence-electron chi connectivity index (χ3n) is 2.51. The van der Waals surface area contributed by atoms with Crippen molar-refractivity contribution in [3.05, 3.63) is 55.1 Å². The minimum absolute atomic E-state index is 0.348. The lowest BCUT2D eigenvalue weighted by Gasteiger charge is -2.15. The first-order chi connectivity index (χ1) is 8.52. The Morgan fingerprint density at radius 3 is 2.56 bits per heavy atom. The molecule has 18 heavy (non-hydrogen) atoms. The number of hydrogen-bond donors (Lipinski definition) is 1. The molecule has 1 aromatic carbocycles. The molecule has 0 aliphatic rings. The summed E-state index contributed by atoms with van der Waals surface area (Å²) in [5.74, 6) is -1.16. The second-order valence-electron chi connectivity index (χ2n) is 3.66. The molecule has 0 aliphatic heterocycles. The molecule has 96 valence electrons. The van der Waals surface area contributed by atoms with E-state index in [9.17, 15) is 8.78 Å². The summed E-state index contributed by atoms with van der Waals surface area (Å²) in [7, 11) is 1.72. The summed E-state index contributed by atoms with van der Waals surface area (Å²) >= 11 is 10.7. The van der Waals surface area contributed by atoms with Crippen LogP contribution >= 0.6 is 38.9 Å². The van der Waals surface area contributed by atoms with Gasteiger partial charge in [0.1, 0.15) is 11.6 Å². The van der Waals surface area contributed by atoms with Crippen molar-refractivity contribution in [1.82, 2.24) is 5.32 Å². The van der Waals surface area contributed by atoms with Crippen LogP contribution in [0.2, 0.25) is 5.02 Å². The maximum atomic E-state index is 13.8. The summed E-state index contributed by atoms with van der Waals surface area (Å²) in [6, 6.07) is 4.98. The van der Waals surface area contributed by atoms with Crippen molar-refractivity contribution < 1.29 is 8.78 Å². The molecular weight excluding hydrogens is 344 g/mol. The molecular formula is C12H9BrClF2NS. The van der Waals surface area contributed by atoms with Gasteiger partial charge in [0.25, 0.3) is 0 Å². The Morgan fingerprint density at radius 2 is 2.06 bits per heavy atom. The molecule has 2 aromatic rings. The number of rotatable bonds is 3. The third kappa shape index (κ3) is 2.74. The van der Waals surface area contributed by atoms with Gasteiger partial charge in [-0.25, -0.2) is 8.78 Å². The molecule has 0 saturated carbocycles. The molecule has 1 unspecified atom stereocenters. The van der Waals surface area contributed by atoms with Crippen LogP contribution < -0.4 is 5.32 Å². The monoisotopic (exact) mass is 351 g/mol. The van der Waals surface area contributed by atoms with E-state index in [2.05, 4.69) is 21.2 Å². The zero-order valence-electron chi connectivity index (χ0n) is 9.31. The highest BCUT2D eigenvalue weighted by molar-refractivity contribution is 9.11. The fourth-order valence-electron chi connectivity index (χ4n) is 1.69. The van der Waals surface area contributed by atoms with Gasteiger partial charge in [0.2, 0.25) is 0 Å². The van der Waals surface area contributed by atoms with E-state index in [1.54, 1.807) is 13.1 Å². The molecule has 1 N–H and O–H groups in total. The van der Waals surface area contributed by atoms with Crippen molar-refractivity contribution >= 4 is 38.9 Å². The van der Waals surface area contributed by atoms with E-state index in [4.69, 9.17) is 11.6 Å². The van der Waals surface area contributed by atoms with Gasteiger partial charge in [0.05, 0.1) is 14.9 Å². The predicted octanol–water partition coefficient (Wildman–Crippen LogP) is 4.75. The van der Waals surface area contributed by atoms with Crippen molar-refractivity contribution in [2.75, 3.05) is 7.05 Å². The summed E-state index contributed by atoms with van der Waals surface area (Å²) in [4.78, 5) is 0.861. The Balaban J connectivity index is 2.45. The topological polar surface area (TPSA) is 12.0 Å². The number of benzene rings is 1. The van der Waals surface area contributed by atoms with E-state index in [-0.39, 0.29) is 6.04 Å². The zero-order valence-corrected chi connectivity index (χ0v) is 12.5. The van der Waals surface area contributed by atoms with Crippen molar-refractivity contribution in [3.8, 4) is 0 Å². The van der Waals surface area contributed by atoms with Gasteiger partial charge in [-0.2, -0.15) is 0 Å². The first-order valence-electron chi connectivity index (χ1n) is 5.10. The number of halogens is 4. The highest BCUT2D eigenvalue weighted by Gasteiger charge is 2.19. The zero-order chi connectivity index (χ0) is 13.3. The van der Waals surface area contributed by atoms with Crippen LogP contribution in [0.1, 0.15) is 16.5 Å². The van der Waals surface area contributed by atoms with Crippen LogP contribution in [0.25, 0.3) is 0 Å². The molecule has 0 fully saturated rings. The Bertz CT molecular complexity index is 554. The second-order valence-corrected chi connectivity index (χ2v) is 6.47. The second kappa shape index (κ2) is 5.65. The van der Waals surface area contributed by atoms with Gasteiger partial charge in [-0.15, -0.1) is 11.3 Å². The summed E-state index contributed by atoms with van der Waals surface area (Å²) in [6.07, 6.45) is 0. The molecule has 0 saturated heterocycles. The van der Waals surface area contributed by atoms with Crippen LogP contribution in [0.3, 0.4) is 0 Å². The molecule has 1 heterocycles. The standard InChI is InChI=1S/C12H9BrClF2NS/c1-17-11(10-5-8(14)12(13)18-10)7-3-2-6(15)4-9(7)16/h2-5,11,17H,1H3. The average Bonchev–Trinajstić information content (AvgIpc) is 2.63. The van der Waals surface area contributed by atoms with Crippen LogP contribution in [-0.4, -0.2) is 7.05 Å². The summed E-state index contributed by atoms with van der Waals surface area (Å²) in [5, 5.41) is 3.59. The minimum Gasteiger partial charge on any atom is -0.309 e. The van der Waals surface area contributed by atoms with Gasteiger partial charge in [-0.3, -0.25) is 0 Å². The Labute approximate surface area is 121 Å². The largest absolute Gasteiger partial charge is 0.309 e. The maximum Gasteiger partial charge on any atom is 0.131 e. The fourth-order valence-corrected chi connectivity index (χ4v) is 3.57. The molecule has 0 amide bonds. The number of hydrogen-bond acceptors (Lipinski definition) is 2. The van der Waals surface area contributed by atoms with E-state index in [0.29, 0.717) is 10.6 Å². The summed E-state index contributed by atoms with van der Waals surface area (Å²) < 4.78 is 27.5. The number of thiophene rings is 1. The highest BCUT2D eigenvalue weighted by atomic mass is 79.9. The quantitative estimate of drug-likeness (QED) is 0.840. The van der Waals surface area contributed by atoms with Crippen molar-refractivity contribution in [3.63, 3.8) is 0 Å². The molecule has 1 nitrogen and oxygen atoms in total. The smallest absolute Gasteiger partial charge is 0.131 e. The van der Waals surface area contributed by atoms with Crippen LogP contribution in [0.15, 0.2) is 28.1 Å². The SMILES string of the molecule is CNC(c1cc(Cl)c(Br)s1)c1ccc(F)cc1F. The van der Waals surface area contributed by atoms with Crippen LogP contribution in [-0.2, 0) is 0 Å². The van der Waals surface area contributed by atoms with Gasteiger partial charge in [-0.1, -0.05) is 17.7 Å². The molecule has 0 bridgehead atoms. The normalized spacial score (nSPS) is 12.7. The Morgan fingerprint density at radius 1 is 1.33 bits per heavy atom. The van der Waals surface area contributed by atoms with Gasteiger partial charge < -0.3 is 5.32 Å². The van der Waals surface area contributed by atoms with Crippen LogP contribution in [0, 0.1) is 11.6 Å². The minimum atomic E-state index is -0.587. The van der Waals surface area contributed by atoms with Gasteiger partial charge in [-0.05, 0) is 35.1 Å². The van der Waals surface area contributed by atoms with E-state index < -0.39 is 11.6 Å². The predicted molar refractivity (Wildman–Crippen MR) is 74.3 cm³/mol. The molecule has 0 radical (unpaired) electrons. The maximum absolute atomic E-state index is 13.8. The fraction of sp³-hybridized carbons (Fsp3) is 0.167. The summed E-state index contributed by atoms with van der Waals surface area (Å²) in [6.45, 7) is 0. The Hall–Kier alpha value is -0.490. The Kier molecular flexibility index (Phi) is 4.37.